The van der Waals surface area contributed by atoms with Gasteiger partial charge in [-0.2, -0.15) is 0 Å². The van der Waals surface area contributed by atoms with E-state index in [-0.39, 0.29) is 18.1 Å². The summed E-state index contributed by atoms with van der Waals surface area (Å²) >= 11 is 0. The average molecular weight is 279 g/mol. The second-order valence-corrected chi connectivity index (χ2v) is 5.92. The van der Waals surface area contributed by atoms with E-state index < -0.39 is 0 Å². The molecular formula is C15H25N3O2. The topological polar surface area (TPSA) is 58.4 Å². The van der Waals surface area contributed by atoms with E-state index in [0.29, 0.717) is 5.92 Å². The van der Waals surface area contributed by atoms with Crippen LogP contribution in [0.3, 0.4) is 0 Å². The van der Waals surface area contributed by atoms with Gasteiger partial charge in [-0.15, -0.1) is 0 Å². The molecule has 2 rings (SSSR count). The number of aromatic nitrogens is 1. The van der Waals surface area contributed by atoms with Crippen LogP contribution in [0.5, 0.6) is 0 Å². The van der Waals surface area contributed by atoms with Gasteiger partial charge in [-0.05, 0) is 32.1 Å². The van der Waals surface area contributed by atoms with Gasteiger partial charge in [-0.1, -0.05) is 25.9 Å². The largest absolute Gasteiger partial charge is 0.359 e. The van der Waals surface area contributed by atoms with Crippen LogP contribution in [0.15, 0.2) is 10.6 Å². The van der Waals surface area contributed by atoms with Gasteiger partial charge in [0.1, 0.15) is 0 Å². The second-order valence-electron chi connectivity index (χ2n) is 5.92. The van der Waals surface area contributed by atoms with Gasteiger partial charge >= 0.3 is 6.03 Å². The quantitative estimate of drug-likeness (QED) is 0.918. The number of hydrogen-bond donors (Lipinski definition) is 1. The summed E-state index contributed by atoms with van der Waals surface area (Å²) in [5.74, 6) is 1.15. The van der Waals surface area contributed by atoms with Crippen molar-refractivity contribution in [1.82, 2.24) is 15.4 Å². The minimum absolute atomic E-state index is 0.00402. The Morgan fingerprint density at radius 1 is 1.55 bits per heavy atom. The van der Waals surface area contributed by atoms with Crippen LogP contribution < -0.4 is 5.32 Å². The Balaban J connectivity index is 2.08. The normalized spacial score (nSPS) is 20.4. The Bertz CT molecular complexity index is 456. The maximum atomic E-state index is 12.3. The predicted octanol–water partition coefficient (Wildman–Crippen LogP) is 3.44. The van der Waals surface area contributed by atoms with Crippen LogP contribution in [0.4, 0.5) is 4.79 Å². The minimum Gasteiger partial charge on any atom is -0.359 e. The Hall–Kier alpha value is -1.52. The lowest BCUT2D eigenvalue weighted by atomic mass is 10.1. The SMILES string of the molecule is CC[C@@H](C)NC(=O)N1CCC[C@@H]1c1cc(C(C)C)no1. The van der Waals surface area contributed by atoms with Gasteiger partial charge in [-0.3, -0.25) is 0 Å². The van der Waals surface area contributed by atoms with Crippen molar-refractivity contribution < 1.29 is 9.32 Å². The fourth-order valence-electron chi connectivity index (χ4n) is 2.43. The summed E-state index contributed by atoms with van der Waals surface area (Å²) in [6, 6.07) is 2.22. The molecule has 20 heavy (non-hydrogen) atoms. The molecule has 0 aromatic carbocycles. The smallest absolute Gasteiger partial charge is 0.318 e. The predicted molar refractivity (Wildman–Crippen MR) is 77.6 cm³/mol. The summed E-state index contributed by atoms with van der Waals surface area (Å²) in [4.78, 5) is 14.2. The first-order valence-electron chi connectivity index (χ1n) is 7.56. The molecule has 0 aliphatic carbocycles. The molecule has 1 aliphatic rings. The first-order chi connectivity index (χ1) is 9.52. The molecule has 0 saturated carbocycles. The third-order valence-corrected chi connectivity index (χ3v) is 3.96. The minimum atomic E-state index is 0.00402. The highest BCUT2D eigenvalue weighted by molar-refractivity contribution is 5.75. The molecule has 0 unspecified atom stereocenters. The number of nitrogens with one attached hydrogen (secondary N) is 1. The van der Waals surface area contributed by atoms with Crippen molar-refractivity contribution in [3.63, 3.8) is 0 Å². The Morgan fingerprint density at radius 2 is 2.30 bits per heavy atom. The fraction of sp³-hybridized carbons (Fsp3) is 0.733. The van der Waals surface area contributed by atoms with Crippen LogP contribution in [-0.4, -0.2) is 28.7 Å². The summed E-state index contributed by atoms with van der Waals surface area (Å²) < 4.78 is 5.45. The fourth-order valence-corrected chi connectivity index (χ4v) is 2.43. The van der Waals surface area contributed by atoms with Gasteiger partial charge in [0.05, 0.1) is 11.7 Å². The van der Waals surface area contributed by atoms with Crippen molar-refractivity contribution >= 4 is 6.03 Å². The molecule has 5 nitrogen and oxygen atoms in total. The first-order valence-corrected chi connectivity index (χ1v) is 7.56. The summed E-state index contributed by atoms with van der Waals surface area (Å²) in [6.07, 6.45) is 2.89. The lowest BCUT2D eigenvalue weighted by Gasteiger charge is -2.24. The average Bonchev–Trinajstić information content (AvgIpc) is 3.06. The molecular weight excluding hydrogens is 254 g/mol. The third-order valence-electron chi connectivity index (χ3n) is 3.96. The zero-order valence-electron chi connectivity index (χ0n) is 12.8. The molecule has 0 radical (unpaired) electrons. The number of nitrogens with zero attached hydrogens (tertiary/aromatic N) is 2. The molecule has 2 atom stereocenters. The zero-order chi connectivity index (χ0) is 14.7. The Labute approximate surface area is 120 Å². The van der Waals surface area contributed by atoms with E-state index in [2.05, 4.69) is 31.2 Å². The Kier molecular flexibility index (Phi) is 4.68. The van der Waals surface area contributed by atoms with Crippen molar-refractivity contribution in [3.8, 4) is 0 Å². The van der Waals surface area contributed by atoms with Crippen LogP contribution in [-0.2, 0) is 0 Å². The second kappa shape index (κ2) is 6.29. The van der Waals surface area contributed by atoms with Crippen molar-refractivity contribution in [3.05, 3.63) is 17.5 Å². The van der Waals surface area contributed by atoms with Gasteiger partial charge in [0.25, 0.3) is 0 Å². The van der Waals surface area contributed by atoms with Gasteiger partial charge < -0.3 is 14.7 Å². The van der Waals surface area contributed by atoms with E-state index in [9.17, 15) is 4.79 Å². The highest BCUT2D eigenvalue weighted by atomic mass is 16.5. The monoisotopic (exact) mass is 279 g/mol. The van der Waals surface area contributed by atoms with Crippen LogP contribution in [0.2, 0.25) is 0 Å². The van der Waals surface area contributed by atoms with E-state index in [1.165, 1.54) is 0 Å². The number of carbonyl (C=O) groups is 1. The van der Waals surface area contributed by atoms with Crippen LogP contribution in [0.1, 0.15) is 70.4 Å². The number of amides is 2. The molecule has 1 fully saturated rings. The Morgan fingerprint density at radius 3 is 2.90 bits per heavy atom. The van der Waals surface area contributed by atoms with Crippen molar-refractivity contribution in [2.24, 2.45) is 0 Å². The van der Waals surface area contributed by atoms with Crippen molar-refractivity contribution in [2.45, 2.75) is 65.0 Å². The first kappa shape index (κ1) is 14.9. The molecule has 1 saturated heterocycles. The molecule has 2 amide bonds. The van der Waals surface area contributed by atoms with Gasteiger partial charge in [0.15, 0.2) is 5.76 Å². The summed E-state index contributed by atoms with van der Waals surface area (Å²) in [5.41, 5.74) is 0.953. The lowest BCUT2D eigenvalue weighted by Crippen LogP contribution is -2.43. The third kappa shape index (κ3) is 3.14. The summed E-state index contributed by atoms with van der Waals surface area (Å²) in [5, 5.41) is 7.12. The van der Waals surface area contributed by atoms with Gasteiger partial charge in [0.2, 0.25) is 0 Å². The maximum absolute atomic E-state index is 12.3. The number of carbonyl (C=O) groups excluding carboxylic acids is 1. The number of urea groups is 1. The molecule has 1 aliphatic heterocycles. The molecule has 112 valence electrons. The number of rotatable bonds is 4. The molecule has 1 N–H and O–H groups in total. The summed E-state index contributed by atoms with van der Waals surface area (Å²) in [6.45, 7) is 9.05. The molecule has 1 aromatic heterocycles. The van der Waals surface area contributed by atoms with E-state index in [1.54, 1.807) is 0 Å². The van der Waals surface area contributed by atoms with Gasteiger partial charge in [-0.25, -0.2) is 4.79 Å². The van der Waals surface area contributed by atoms with E-state index in [1.807, 2.05) is 17.9 Å². The number of likely N-dealkylation sites (tertiary alicyclic amines) is 1. The lowest BCUT2D eigenvalue weighted by molar-refractivity contribution is 0.179. The molecule has 5 heteroatoms. The van der Waals surface area contributed by atoms with Crippen molar-refractivity contribution in [2.75, 3.05) is 6.54 Å². The molecule has 0 spiro atoms. The molecule has 2 heterocycles. The highest BCUT2D eigenvalue weighted by Crippen LogP contribution is 2.33. The van der Waals surface area contributed by atoms with Crippen LogP contribution in [0.25, 0.3) is 0 Å². The van der Waals surface area contributed by atoms with E-state index in [4.69, 9.17) is 4.52 Å². The van der Waals surface area contributed by atoms with Crippen LogP contribution >= 0.6 is 0 Å². The summed E-state index contributed by atoms with van der Waals surface area (Å²) in [7, 11) is 0. The van der Waals surface area contributed by atoms with Gasteiger partial charge in [0, 0.05) is 18.7 Å². The molecule has 0 bridgehead atoms. The van der Waals surface area contributed by atoms with E-state index >= 15 is 0 Å². The van der Waals surface area contributed by atoms with Crippen LogP contribution in [0, 0.1) is 0 Å². The number of hydrogen-bond acceptors (Lipinski definition) is 3. The standard InChI is InChI=1S/C15H25N3O2/c1-5-11(4)16-15(19)18-8-6-7-13(18)14-9-12(10(2)3)17-20-14/h9-11,13H,5-8H2,1-4H3,(H,16,19)/t11-,13-/m1/s1. The van der Waals surface area contributed by atoms with Crippen molar-refractivity contribution in [1.29, 1.82) is 0 Å². The zero-order valence-corrected chi connectivity index (χ0v) is 12.8. The van der Waals surface area contributed by atoms with E-state index in [0.717, 1.165) is 37.3 Å². The highest BCUT2D eigenvalue weighted by Gasteiger charge is 2.33. The molecule has 1 aromatic rings. The maximum Gasteiger partial charge on any atom is 0.318 e.